The first-order valence-corrected chi connectivity index (χ1v) is 2.43. The molecule has 0 aliphatic heterocycles. The number of hydrogen-bond acceptors (Lipinski definition) is 1. The lowest BCUT2D eigenvalue weighted by Crippen LogP contribution is -1.93. The molecular weight excluding hydrogens is 140 g/mol. The van der Waals surface area contributed by atoms with Gasteiger partial charge in [0.15, 0.2) is 0 Å². The van der Waals surface area contributed by atoms with Gasteiger partial charge in [0.25, 0.3) is 0 Å². The second kappa shape index (κ2) is 7.58. The first-order valence-electron chi connectivity index (χ1n) is 10.9. The van der Waals surface area contributed by atoms with E-state index in [0.29, 0.717) is 0 Å². The van der Waals surface area contributed by atoms with Crippen molar-refractivity contribution in [3.63, 3.8) is 0 Å². The predicted molar refractivity (Wildman–Crippen MR) is 45.6 cm³/mol. The van der Waals surface area contributed by atoms with E-state index >= 15 is 0 Å². The van der Waals surface area contributed by atoms with Crippen LogP contribution in [-0.2, 0) is 4.79 Å². The minimum Gasteiger partial charge on any atom is -0.481 e. The van der Waals surface area contributed by atoms with Gasteiger partial charge in [0.05, 0.1) is 0 Å². The van der Waals surface area contributed by atoms with Gasteiger partial charge in [0.1, 0.15) is 0 Å². The van der Waals surface area contributed by atoms with Crippen molar-refractivity contribution < 1.29 is 33.2 Å². The maximum absolute atomic E-state index is 11.0. The van der Waals surface area contributed by atoms with Crippen LogP contribution in [0.2, 0.25) is 0 Å². The van der Waals surface area contributed by atoms with E-state index in [2.05, 4.69) is 0 Å². The van der Waals surface area contributed by atoms with E-state index < -0.39 is 57.4 Å². The third kappa shape index (κ3) is 9.47. The van der Waals surface area contributed by atoms with Crippen LogP contribution >= 0.6 is 0 Å². The topological polar surface area (TPSA) is 37.3 Å². The highest BCUT2D eigenvalue weighted by molar-refractivity contribution is 5.66. The summed E-state index contributed by atoms with van der Waals surface area (Å²) in [6, 6.07) is 0. The second-order valence-corrected chi connectivity index (χ2v) is 1.18. The molecule has 0 rings (SSSR count). The molecule has 0 aromatic rings. The van der Waals surface area contributed by atoms with E-state index in [4.69, 9.17) is 28.4 Å². The summed E-state index contributed by atoms with van der Waals surface area (Å²) in [6.07, 6.45) is -30.1. The number of aliphatic carboxylic acids is 1. The number of carboxylic acids is 1. The van der Waals surface area contributed by atoms with E-state index in [1.165, 1.54) is 0 Å². The molecular formula is C9H18O2. The molecule has 0 heterocycles. The van der Waals surface area contributed by atoms with Gasteiger partial charge in [-0.3, -0.25) is 4.79 Å². The van der Waals surface area contributed by atoms with Crippen molar-refractivity contribution in [1.82, 2.24) is 0 Å². The second-order valence-electron chi connectivity index (χ2n) is 1.18. The Kier molecular flexibility index (Phi) is 0.923. The lowest BCUT2D eigenvalue weighted by molar-refractivity contribution is -0.137. The molecule has 0 aromatic carbocycles. The molecule has 0 saturated heterocycles. The number of carbonyl (C=O) groups is 1. The number of hydrogen-bond donors (Lipinski definition) is 1. The Morgan fingerprint density at radius 1 is 1.36 bits per heavy atom. The predicted octanol–water partition coefficient (Wildman–Crippen LogP) is 2.82. The van der Waals surface area contributed by atoms with Gasteiger partial charge in [-0.15, -0.1) is 0 Å². The van der Waals surface area contributed by atoms with Crippen LogP contribution in [0.15, 0.2) is 0 Å². The SMILES string of the molecule is [2H]C([2H])([2H])C([2H])([2H])C([2H])([2H])C([2H])([2H])C([2H])([2H])C([2H])([2H])C([2H])([2H])C([2H])([2H])C(=O)O. The number of carboxylic acid groups (broad SMARTS) is 1. The summed E-state index contributed by atoms with van der Waals surface area (Å²) >= 11 is 0. The Morgan fingerprint density at radius 3 is 2.64 bits per heavy atom. The molecule has 66 valence electrons. The normalized spacial score (nSPS) is 43.1. The summed E-state index contributed by atoms with van der Waals surface area (Å²) in [4.78, 5) is 11.0. The van der Waals surface area contributed by atoms with Gasteiger partial charge in [-0.2, -0.15) is 0 Å². The van der Waals surface area contributed by atoms with E-state index in [0.717, 1.165) is 0 Å². The van der Waals surface area contributed by atoms with Gasteiger partial charge in [-0.1, -0.05) is 38.7 Å². The zero-order valence-corrected chi connectivity index (χ0v) is 5.36. The molecule has 0 saturated carbocycles. The van der Waals surface area contributed by atoms with E-state index in [1.807, 2.05) is 0 Å². The van der Waals surface area contributed by atoms with Crippen LogP contribution in [-0.4, -0.2) is 11.1 Å². The largest absolute Gasteiger partial charge is 0.481 e. The highest BCUT2D eigenvalue weighted by Crippen LogP contribution is 2.06. The van der Waals surface area contributed by atoms with Crippen LogP contribution in [0.1, 0.15) is 74.8 Å². The molecule has 0 radical (unpaired) electrons. The molecule has 0 amide bonds. The van der Waals surface area contributed by atoms with Crippen LogP contribution in [0, 0.1) is 0 Å². The smallest absolute Gasteiger partial charge is 0.303 e. The van der Waals surface area contributed by atoms with Gasteiger partial charge in [0.2, 0.25) is 0 Å². The van der Waals surface area contributed by atoms with Gasteiger partial charge in [-0.25, -0.2) is 0 Å². The highest BCUT2D eigenvalue weighted by atomic mass is 16.4. The van der Waals surface area contributed by atoms with Gasteiger partial charge < -0.3 is 5.11 Å². The average molecular weight is 175 g/mol. The molecule has 0 unspecified atom stereocenters. The maximum atomic E-state index is 11.0. The van der Waals surface area contributed by atoms with Gasteiger partial charge in [-0.05, 0) is 6.37 Å². The average Bonchev–Trinajstić information content (AvgIpc) is 2.44. The monoisotopic (exact) mass is 175 g/mol. The lowest BCUT2D eigenvalue weighted by Gasteiger charge is -1.97. The van der Waals surface area contributed by atoms with Crippen LogP contribution in [0.25, 0.3) is 0 Å². The molecule has 0 spiro atoms. The maximum Gasteiger partial charge on any atom is 0.303 e. The van der Waals surface area contributed by atoms with E-state index in [1.54, 1.807) is 0 Å². The van der Waals surface area contributed by atoms with Crippen molar-refractivity contribution in [1.29, 1.82) is 0 Å². The summed E-state index contributed by atoms with van der Waals surface area (Å²) in [5.41, 5.74) is 0. The summed E-state index contributed by atoms with van der Waals surface area (Å²) in [5.74, 6) is -2.56. The van der Waals surface area contributed by atoms with Crippen molar-refractivity contribution in [2.75, 3.05) is 0 Å². The minimum absolute atomic E-state index is 2.56. The molecule has 0 fully saturated rings. The zero-order chi connectivity index (χ0) is 23.6. The molecule has 0 bridgehead atoms. The highest BCUT2D eigenvalue weighted by Gasteiger charge is 1.95. The van der Waals surface area contributed by atoms with Crippen molar-refractivity contribution >= 4 is 5.97 Å². The Bertz CT molecular complexity index is 615. The summed E-state index contributed by atoms with van der Waals surface area (Å²) in [7, 11) is 0. The molecule has 1 N–H and O–H groups in total. The molecule has 2 nitrogen and oxygen atoms in total. The third-order valence-corrected chi connectivity index (χ3v) is 0.482. The van der Waals surface area contributed by atoms with Crippen molar-refractivity contribution in [2.45, 2.75) is 51.5 Å². The van der Waals surface area contributed by atoms with Crippen molar-refractivity contribution in [2.24, 2.45) is 0 Å². The molecule has 2 heteroatoms. The van der Waals surface area contributed by atoms with Crippen molar-refractivity contribution in [3.05, 3.63) is 0 Å². The Labute approximate surface area is 92.5 Å². The fraction of sp³-hybridized carbons (Fsp3) is 0.889. The minimum atomic E-state index is -4.45. The zero-order valence-electron chi connectivity index (χ0n) is 22.4. The fourth-order valence-corrected chi connectivity index (χ4v) is 0.210. The molecule has 0 aromatic heterocycles. The Morgan fingerprint density at radius 2 is 2.00 bits per heavy atom. The molecule has 11 heavy (non-hydrogen) atoms. The first-order chi connectivity index (χ1) is 11.7. The standard InChI is InChI=1S/C9H18O2/c1-2-3-4-5-6-7-8-9(10)11/h2-8H2,1H3,(H,10,11)/i1D3,2D2,3D2,4D2,5D2,6D2,7D2,8D2. The lowest BCUT2D eigenvalue weighted by atomic mass is 10.1. The third-order valence-electron chi connectivity index (χ3n) is 0.482. The summed E-state index contributed by atoms with van der Waals surface area (Å²) in [5, 5.41) is 8.80. The Hall–Kier alpha value is -0.530. The summed E-state index contributed by atoms with van der Waals surface area (Å²) < 4.78 is 126. The quantitative estimate of drug-likeness (QED) is 0.646. The first kappa shape index (κ1) is 1.34. The van der Waals surface area contributed by atoms with E-state index in [9.17, 15) is 4.79 Å². The van der Waals surface area contributed by atoms with E-state index in [-0.39, 0.29) is 0 Å². The number of rotatable bonds is 7. The van der Waals surface area contributed by atoms with Crippen LogP contribution in [0.5, 0.6) is 0 Å². The van der Waals surface area contributed by atoms with Crippen LogP contribution < -0.4 is 0 Å². The molecule has 0 aliphatic carbocycles. The van der Waals surface area contributed by atoms with Crippen molar-refractivity contribution in [3.8, 4) is 0 Å². The van der Waals surface area contributed by atoms with Crippen LogP contribution in [0.4, 0.5) is 0 Å². The molecule has 0 aliphatic rings. The Balaban J connectivity index is 6.76. The van der Waals surface area contributed by atoms with Crippen LogP contribution in [0.3, 0.4) is 0 Å². The summed E-state index contributed by atoms with van der Waals surface area (Å²) in [6.45, 7) is -3.85. The fourth-order valence-electron chi connectivity index (χ4n) is 0.210. The van der Waals surface area contributed by atoms with Gasteiger partial charge in [0, 0.05) is 29.7 Å². The molecule has 0 atom stereocenters. The van der Waals surface area contributed by atoms with Gasteiger partial charge >= 0.3 is 5.97 Å².